The van der Waals surface area contributed by atoms with Crippen molar-refractivity contribution >= 4 is 34.5 Å². The van der Waals surface area contributed by atoms with Crippen LogP contribution in [0.15, 0.2) is 6.07 Å². The monoisotopic (exact) mass is 291 g/mol. The molecule has 0 saturated heterocycles. The molecule has 0 radical (unpaired) electrons. The summed E-state index contributed by atoms with van der Waals surface area (Å²) in [5.74, 6) is 1.68. The van der Waals surface area contributed by atoms with Crippen LogP contribution < -0.4 is 5.32 Å². The van der Waals surface area contributed by atoms with E-state index in [1.807, 2.05) is 6.07 Å². The van der Waals surface area contributed by atoms with Gasteiger partial charge in [-0.05, 0) is 43.4 Å². The highest BCUT2D eigenvalue weighted by Crippen LogP contribution is 2.35. The molecule has 0 aliphatic heterocycles. The molecule has 1 aromatic heterocycles. The van der Waals surface area contributed by atoms with Gasteiger partial charge < -0.3 is 5.32 Å². The zero-order chi connectivity index (χ0) is 12.4. The third-order valence-electron chi connectivity index (χ3n) is 3.87. The summed E-state index contributed by atoms with van der Waals surface area (Å²) in [5, 5.41) is 3.59. The molecule has 1 aliphatic carbocycles. The maximum absolute atomic E-state index is 6.16. The second-order valence-electron chi connectivity index (χ2n) is 5.08. The van der Waals surface area contributed by atoms with Gasteiger partial charge in [0.25, 0.3) is 0 Å². The van der Waals surface area contributed by atoms with E-state index < -0.39 is 0 Å². The van der Waals surface area contributed by atoms with Gasteiger partial charge in [-0.2, -0.15) is 0 Å². The third-order valence-corrected chi connectivity index (χ3v) is 5.39. The molecule has 1 heterocycles. The van der Waals surface area contributed by atoms with E-state index in [2.05, 4.69) is 19.2 Å². The van der Waals surface area contributed by atoms with Gasteiger partial charge in [-0.3, -0.25) is 0 Å². The van der Waals surface area contributed by atoms with Crippen molar-refractivity contribution < 1.29 is 0 Å². The first-order valence-corrected chi connectivity index (χ1v) is 7.83. The first-order chi connectivity index (χ1) is 8.08. The molecule has 0 bridgehead atoms. The Morgan fingerprint density at radius 3 is 2.76 bits per heavy atom. The van der Waals surface area contributed by atoms with Crippen molar-refractivity contribution in [2.75, 3.05) is 6.54 Å². The van der Waals surface area contributed by atoms with Crippen molar-refractivity contribution in [1.82, 2.24) is 5.32 Å². The molecule has 96 valence electrons. The van der Waals surface area contributed by atoms with Gasteiger partial charge in [-0.15, -0.1) is 11.3 Å². The van der Waals surface area contributed by atoms with E-state index >= 15 is 0 Å². The first kappa shape index (κ1) is 13.7. The van der Waals surface area contributed by atoms with E-state index in [0.717, 1.165) is 32.6 Å². The number of hydrogen-bond acceptors (Lipinski definition) is 2. The van der Waals surface area contributed by atoms with Crippen LogP contribution in [0.2, 0.25) is 8.67 Å². The zero-order valence-corrected chi connectivity index (χ0v) is 12.6. The summed E-state index contributed by atoms with van der Waals surface area (Å²) in [5.41, 5.74) is 1.13. The van der Waals surface area contributed by atoms with Gasteiger partial charge in [0.1, 0.15) is 0 Å². The first-order valence-electron chi connectivity index (χ1n) is 6.26. The molecule has 0 aromatic carbocycles. The third kappa shape index (κ3) is 3.37. The number of nitrogens with one attached hydrogen (secondary N) is 1. The summed E-state index contributed by atoms with van der Waals surface area (Å²) in [6.07, 6.45) is 4.12. The maximum Gasteiger partial charge on any atom is 0.0991 e. The minimum atomic E-state index is 0.291. The van der Waals surface area contributed by atoms with Gasteiger partial charge >= 0.3 is 0 Å². The van der Waals surface area contributed by atoms with Crippen molar-refractivity contribution in [1.29, 1.82) is 0 Å². The standard InChI is InChI=1S/C13H19Cl2NS/c1-8-4-3-5-10(8)7-16-9(2)11-6-12(14)17-13(11)15/h6,8-10,16H,3-5,7H2,1-2H3. The largest absolute Gasteiger partial charge is 0.310 e. The predicted molar refractivity (Wildman–Crippen MR) is 77.3 cm³/mol. The summed E-state index contributed by atoms with van der Waals surface area (Å²) < 4.78 is 1.59. The predicted octanol–water partition coefficient (Wildman–Crippen LogP) is 5.14. The molecule has 1 aliphatic rings. The molecule has 17 heavy (non-hydrogen) atoms. The van der Waals surface area contributed by atoms with Crippen LogP contribution in [-0.4, -0.2) is 6.54 Å². The van der Waals surface area contributed by atoms with Crippen LogP contribution in [0.4, 0.5) is 0 Å². The minimum absolute atomic E-state index is 0.291. The Kier molecular flexibility index (Phi) is 4.76. The lowest BCUT2D eigenvalue weighted by atomic mass is 9.98. The normalized spacial score (nSPS) is 26.4. The van der Waals surface area contributed by atoms with Crippen LogP contribution in [-0.2, 0) is 0 Å². The van der Waals surface area contributed by atoms with Crippen LogP contribution in [0.1, 0.15) is 44.7 Å². The Hall–Kier alpha value is 0.240. The Balaban J connectivity index is 1.88. The molecule has 1 saturated carbocycles. The number of thiophene rings is 1. The quantitative estimate of drug-likeness (QED) is 0.810. The molecule has 2 rings (SSSR count). The van der Waals surface area contributed by atoms with Crippen molar-refractivity contribution in [2.45, 2.75) is 39.2 Å². The average molecular weight is 292 g/mol. The molecule has 0 amide bonds. The van der Waals surface area contributed by atoms with Crippen LogP contribution in [0.25, 0.3) is 0 Å². The van der Waals surface area contributed by atoms with Crippen LogP contribution in [0.5, 0.6) is 0 Å². The molecule has 1 nitrogen and oxygen atoms in total. The van der Waals surface area contributed by atoms with E-state index in [9.17, 15) is 0 Å². The van der Waals surface area contributed by atoms with Gasteiger partial charge in [0.15, 0.2) is 0 Å². The van der Waals surface area contributed by atoms with Gasteiger partial charge in [0.2, 0.25) is 0 Å². The van der Waals surface area contributed by atoms with E-state index in [-0.39, 0.29) is 0 Å². The minimum Gasteiger partial charge on any atom is -0.310 e. The van der Waals surface area contributed by atoms with E-state index in [1.165, 1.54) is 30.6 Å². The molecule has 3 atom stereocenters. The number of rotatable bonds is 4. The maximum atomic E-state index is 6.16. The SMILES string of the molecule is CC(NCC1CCCC1C)c1cc(Cl)sc1Cl. The lowest BCUT2D eigenvalue weighted by Gasteiger charge is -2.20. The second-order valence-corrected chi connectivity index (χ2v) is 7.36. The Morgan fingerprint density at radius 2 is 2.24 bits per heavy atom. The van der Waals surface area contributed by atoms with Crippen molar-refractivity contribution in [3.05, 3.63) is 20.3 Å². The van der Waals surface area contributed by atoms with Crippen LogP contribution >= 0.6 is 34.5 Å². The van der Waals surface area contributed by atoms with Gasteiger partial charge in [-0.1, -0.05) is 43.0 Å². The fourth-order valence-corrected chi connectivity index (χ4v) is 4.26. The zero-order valence-electron chi connectivity index (χ0n) is 10.3. The van der Waals surface area contributed by atoms with Crippen molar-refractivity contribution in [3.63, 3.8) is 0 Å². The van der Waals surface area contributed by atoms with Crippen LogP contribution in [0.3, 0.4) is 0 Å². The fraction of sp³-hybridized carbons (Fsp3) is 0.692. The van der Waals surface area contributed by atoms with E-state index in [0.29, 0.717) is 6.04 Å². The molecular formula is C13H19Cl2NS. The van der Waals surface area contributed by atoms with Gasteiger partial charge in [0.05, 0.1) is 8.67 Å². The summed E-state index contributed by atoms with van der Waals surface area (Å²) in [6, 6.07) is 2.27. The van der Waals surface area contributed by atoms with E-state index in [4.69, 9.17) is 23.2 Å². The Bertz CT molecular complexity index is 377. The summed E-state index contributed by atoms with van der Waals surface area (Å²) >= 11 is 13.6. The topological polar surface area (TPSA) is 12.0 Å². The average Bonchev–Trinajstić information content (AvgIpc) is 2.81. The molecule has 0 spiro atoms. The second kappa shape index (κ2) is 5.92. The molecule has 1 fully saturated rings. The fourth-order valence-electron chi connectivity index (χ4n) is 2.61. The Labute approximate surface area is 118 Å². The summed E-state index contributed by atoms with van der Waals surface area (Å²) in [7, 11) is 0. The van der Waals surface area contributed by atoms with Crippen LogP contribution in [0, 0.1) is 11.8 Å². The van der Waals surface area contributed by atoms with Gasteiger partial charge in [-0.25, -0.2) is 0 Å². The molecule has 3 unspecified atom stereocenters. The van der Waals surface area contributed by atoms with Crippen molar-refractivity contribution in [2.24, 2.45) is 11.8 Å². The highest BCUT2D eigenvalue weighted by molar-refractivity contribution is 7.20. The lowest BCUT2D eigenvalue weighted by molar-refractivity contribution is 0.375. The highest BCUT2D eigenvalue weighted by atomic mass is 35.5. The highest BCUT2D eigenvalue weighted by Gasteiger charge is 2.24. The number of hydrogen-bond donors (Lipinski definition) is 1. The molecule has 4 heteroatoms. The molecular weight excluding hydrogens is 273 g/mol. The number of halogens is 2. The van der Waals surface area contributed by atoms with Crippen molar-refractivity contribution in [3.8, 4) is 0 Å². The van der Waals surface area contributed by atoms with E-state index in [1.54, 1.807) is 0 Å². The molecule has 1 aromatic rings. The lowest BCUT2D eigenvalue weighted by Crippen LogP contribution is -2.26. The van der Waals surface area contributed by atoms with Gasteiger partial charge in [0, 0.05) is 6.04 Å². The molecule has 1 N–H and O–H groups in total. The summed E-state index contributed by atoms with van der Waals surface area (Å²) in [6.45, 7) is 5.61. The smallest absolute Gasteiger partial charge is 0.0991 e. The summed E-state index contributed by atoms with van der Waals surface area (Å²) in [4.78, 5) is 0. The Morgan fingerprint density at radius 1 is 1.47 bits per heavy atom.